The summed E-state index contributed by atoms with van der Waals surface area (Å²) in [4.78, 5) is 8.73. The fraction of sp³-hybridized carbons (Fsp3) is 0.250. The number of thiophene rings is 1. The van der Waals surface area contributed by atoms with Crippen LogP contribution in [0.4, 0.5) is 11.8 Å². The minimum atomic E-state index is 0.571. The molecule has 0 spiro atoms. The summed E-state index contributed by atoms with van der Waals surface area (Å²) in [5, 5.41) is 18.3. The van der Waals surface area contributed by atoms with Crippen LogP contribution in [0.3, 0.4) is 0 Å². The Hall–Kier alpha value is -2.15. The second-order valence-electron chi connectivity index (χ2n) is 4.21. The number of nitrogens with one attached hydrogen (secondary N) is 3. The third-order valence-electron chi connectivity index (χ3n) is 2.94. The van der Waals surface area contributed by atoms with Gasteiger partial charge in [-0.15, -0.1) is 0 Å². The number of fused-ring (bicyclic) bond motifs is 1. The smallest absolute Gasteiger partial charge is 0.226 e. The second-order valence-corrected chi connectivity index (χ2v) is 4.96. The van der Waals surface area contributed by atoms with Gasteiger partial charge in [-0.05, 0) is 28.8 Å². The highest BCUT2D eigenvalue weighted by Crippen LogP contribution is 2.21. The van der Waals surface area contributed by atoms with E-state index in [9.17, 15) is 0 Å². The molecule has 0 fully saturated rings. The van der Waals surface area contributed by atoms with E-state index in [2.05, 4.69) is 48.5 Å². The van der Waals surface area contributed by atoms with Crippen molar-refractivity contribution in [1.82, 2.24) is 20.2 Å². The van der Waals surface area contributed by atoms with E-state index in [-0.39, 0.29) is 0 Å². The SMILES string of the molecule is CNc1nc(NCc2cscc2C)c2cn[nH]c2n1. The summed E-state index contributed by atoms with van der Waals surface area (Å²) in [6.45, 7) is 2.86. The molecule has 3 N–H and O–H groups in total. The molecule has 7 heteroatoms. The molecule has 0 aliphatic carbocycles. The van der Waals surface area contributed by atoms with E-state index in [4.69, 9.17) is 0 Å². The average Bonchev–Trinajstić information content (AvgIpc) is 3.04. The van der Waals surface area contributed by atoms with Crippen molar-refractivity contribution >= 4 is 34.1 Å². The summed E-state index contributed by atoms with van der Waals surface area (Å²) < 4.78 is 0. The first-order valence-corrected chi connectivity index (χ1v) is 6.86. The van der Waals surface area contributed by atoms with Crippen molar-refractivity contribution in [2.75, 3.05) is 17.7 Å². The molecule has 0 unspecified atom stereocenters. The highest BCUT2D eigenvalue weighted by molar-refractivity contribution is 7.08. The highest BCUT2D eigenvalue weighted by Gasteiger charge is 2.09. The van der Waals surface area contributed by atoms with E-state index >= 15 is 0 Å². The van der Waals surface area contributed by atoms with Crippen LogP contribution in [-0.4, -0.2) is 27.2 Å². The van der Waals surface area contributed by atoms with E-state index in [0.717, 1.165) is 23.4 Å². The highest BCUT2D eigenvalue weighted by atomic mass is 32.1. The van der Waals surface area contributed by atoms with Crippen LogP contribution < -0.4 is 10.6 Å². The van der Waals surface area contributed by atoms with Crippen molar-refractivity contribution < 1.29 is 0 Å². The van der Waals surface area contributed by atoms with Gasteiger partial charge in [-0.3, -0.25) is 5.10 Å². The molecule has 0 aliphatic heterocycles. The van der Waals surface area contributed by atoms with Crippen molar-refractivity contribution in [1.29, 1.82) is 0 Å². The molecule has 19 heavy (non-hydrogen) atoms. The molecule has 0 amide bonds. The van der Waals surface area contributed by atoms with Crippen LogP contribution in [-0.2, 0) is 6.54 Å². The lowest BCUT2D eigenvalue weighted by Gasteiger charge is -2.08. The van der Waals surface area contributed by atoms with Gasteiger partial charge in [0.2, 0.25) is 5.95 Å². The fourth-order valence-electron chi connectivity index (χ4n) is 1.83. The Morgan fingerprint density at radius 3 is 2.95 bits per heavy atom. The molecule has 3 rings (SSSR count). The molecule has 0 atom stereocenters. The van der Waals surface area contributed by atoms with Gasteiger partial charge in [0, 0.05) is 13.6 Å². The Bertz CT molecular complexity index is 701. The van der Waals surface area contributed by atoms with Gasteiger partial charge in [-0.1, -0.05) is 0 Å². The number of aromatic amines is 1. The van der Waals surface area contributed by atoms with Crippen LogP contribution in [0.1, 0.15) is 11.1 Å². The standard InChI is InChI=1S/C12H14N6S/c1-7-5-19-6-8(7)3-14-10-9-4-15-18-11(9)17-12(13-2)16-10/h4-6H,3H2,1-2H3,(H3,13,14,15,16,17,18). The molecule has 98 valence electrons. The molecule has 0 bridgehead atoms. The Kier molecular flexibility index (Phi) is 3.04. The third kappa shape index (κ3) is 2.24. The fourth-order valence-corrected chi connectivity index (χ4v) is 2.69. The van der Waals surface area contributed by atoms with Gasteiger partial charge >= 0.3 is 0 Å². The summed E-state index contributed by atoms with van der Waals surface area (Å²) in [5.74, 6) is 1.36. The van der Waals surface area contributed by atoms with Crippen LogP contribution in [0.25, 0.3) is 11.0 Å². The number of anilines is 2. The van der Waals surface area contributed by atoms with E-state index in [1.807, 2.05) is 0 Å². The number of hydrogen-bond acceptors (Lipinski definition) is 6. The predicted octanol–water partition coefficient (Wildman–Crippen LogP) is 2.38. The Balaban J connectivity index is 1.91. The minimum Gasteiger partial charge on any atom is -0.365 e. The van der Waals surface area contributed by atoms with E-state index < -0.39 is 0 Å². The topological polar surface area (TPSA) is 78.5 Å². The largest absolute Gasteiger partial charge is 0.365 e. The molecule has 0 saturated carbocycles. The molecule has 3 aromatic heterocycles. The summed E-state index contributed by atoms with van der Waals surface area (Å²) in [6, 6.07) is 0. The van der Waals surface area contributed by atoms with Gasteiger partial charge in [0.25, 0.3) is 0 Å². The number of nitrogens with zero attached hydrogens (tertiary/aromatic N) is 3. The van der Waals surface area contributed by atoms with Crippen LogP contribution in [0.15, 0.2) is 17.0 Å². The maximum atomic E-state index is 4.43. The van der Waals surface area contributed by atoms with Crippen LogP contribution in [0.5, 0.6) is 0 Å². The first kappa shape index (κ1) is 11.9. The van der Waals surface area contributed by atoms with Crippen molar-refractivity contribution in [2.24, 2.45) is 0 Å². The van der Waals surface area contributed by atoms with Crippen LogP contribution in [0, 0.1) is 6.92 Å². The normalized spacial score (nSPS) is 10.8. The second kappa shape index (κ2) is 4.85. The molecule has 0 aliphatic rings. The van der Waals surface area contributed by atoms with E-state index in [1.165, 1.54) is 11.1 Å². The predicted molar refractivity (Wildman–Crippen MR) is 77.6 cm³/mol. The quantitative estimate of drug-likeness (QED) is 0.681. The molecule has 3 aromatic rings. The van der Waals surface area contributed by atoms with Gasteiger partial charge in [0.15, 0.2) is 5.65 Å². The van der Waals surface area contributed by atoms with Gasteiger partial charge in [0.05, 0.1) is 11.6 Å². The first-order valence-electron chi connectivity index (χ1n) is 5.92. The minimum absolute atomic E-state index is 0.571. The van der Waals surface area contributed by atoms with Gasteiger partial charge in [-0.25, -0.2) is 0 Å². The van der Waals surface area contributed by atoms with Gasteiger partial charge in [0.1, 0.15) is 5.82 Å². The van der Waals surface area contributed by atoms with Gasteiger partial charge in [-0.2, -0.15) is 26.4 Å². The van der Waals surface area contributed by atoms with E-state index in [1.54, 1.807) is 24.6 Å². The molecule has 0 saturated heterocycles. The lowest BCUT2D eigenvalue weighted by molar-refractivity contribution is 1.07. The average molecular weight is 274 g/mol. The number of rotatable bonds is 4. The summed E-state index contributed by atoms with van der Waals surface area (Å²) >= 11 is 1.71. The lowest BCUT2D eigenvalue weighted by Crippen LogP contribution is -2.05. The maximum absolute atomic E-state index is 4.43. The molecule has 0 radical (unpaired) electrons. The Morgan fingerprint density at radius 2 is 2.21 bits per heavy atom. The van der Waals surface area contributed by atoms with Crippen molar-refractivity contribution in [3.05, 3.63) is 28.1 Å². The van der Waals surface area contributed by atoms with E-state index in [0.29, 0.717) is 5.95 Å². The summed E-state index contributed by atoms with van der Waals surface area (Å²) in [6.07, 6.45) is 1.73. The monoisotopic (exact) mass is 274 g/mol. The number of aryl methyl sites for hydroxylation is 1. The van der Waals surface area contributed by atoms with Crippen molar-refractivity contribution in [3.8, 4) is 0 Å². The number of hydrogen-bond donors (Lipinski definition) is 3. The van der Waals surface area contributed by atoms with Gasteiger partial charge < -0.3 is 10.6 Å². The zero-order valence-electron chi connectivity index (χ0n) is 10.7. The van der Waals surface area contributed by atoms with Crippen molar-refractivity contribution in [3.63, 3.8) is 0 Å². The molecule has 0 aromatic carbocycles. The Labute approximate surface area is 114 Å². The summed E-state index contributed by atoms with van der Waals surface area (Å²) in [5.41, 5.74) is 3.30. The van der Waals surface area contributed by atoms with Crippen LogP contribution >= 0.6 is 11.3 Å². The lowest BCUT2D eigenvalue weighted by atomic mass is 10.2. The molecule has 6 nitrogen and oxygen atoms in total. The first-order chi connectivity index (χ1) is 9.28. The molecular formula is C12H14N6S. The number of aromatic nitrogens is 4. The maximum Gasteiger partial charge on any atom is 0.226 e. The molecule has 3 heterocycles. The van der Waals surface area contributed by atoms with Crippen LogP contribution in [0.2, 0.25) is 0 Å². The third-order valence-corrected chi connectivity index (χ3v) is 3.85. The molecular weight excluding hydrogens is 260 g/mol. The zero-order chi connectivity index (χ0) is 13.2. The summed E-state index contributed by atoms with van der Waals surface area (Å²) in [7, 11) is 1.80. The Morgan fingerprint density at radius 1 is 1.32 bits per heavy atom. The number of H-pyrrole nitrogens is 1. The zero-order valence-corrected chi connectivity index (χ0v) is 11.5. The van der Waals surface area contributed by atoms with Crippen molar-refractivity contribution in [2.45, 2.75) is 13.5 Å².